The Balaban J connectivity index is 0.00000162. The lowest BCUT2D eigenvalue weighted by Crippen LogP contribution is -2.29. The van der Waals surface area contributed by atoms with Crippen molar-refractivity contribution in [3.05, 3.63) is 29.1 Å². The number of nitrogens with zero attached hydrogens (tertiary/aromatic N) is 2. The Labute approximate surface area is 113 Å². The first-order chi connectivity index (χ1) is 8.16. The Hall–Kier alpha value is -1.33. The highest BCUT2D eigenvalue weighted by Gasteiger charge is 2.12. The largest absolute Gasteiger partial charge is 0.348 e. The molecule has 2 heterocycles. The highest BCUT2D eigenvalue weighted by atomic mass is 35.5. The summed E-state index contributed by atoms with van der Waals surface area (Å²) in [6.07, 6.45) is 4.90. The fraction of sp³-hybridized carbons (Fsp3) is 0.500. The van der Waals surface area contributed by atoms with Gasteiger partial charge in [-0.3, -0.25) is 9.48 Å². The summed E-state index contributed by atoms with van der Waals surface area (Å²) < 4.78 is 1.66. The van der Waals surface area contributed by atoms with E-state index in [0.717, 1.165) is 25.2 Å². The average molecular weight is 271 g/mol. The molecule has 1 amide bonds. The molecule has 2 N–H and O–H groups in total. The molecule has 0 radical (unpaired) electrons. The van der Waals surface area contributed by atoms with Crippen LogP contribution < -0.4 is 10.6 Å². The van der Waals surface area contributed by atoms with E-state index in [1.165, 1.54) is 5.57 Å². The number of rotatable bonds is 3. The fourth-order valence-electron chi connectivity index (χ4n) is 1.94. The molecule has 5 nitrogen and oxygen atoms in total. The summed E-state index contributed by atoms with van der Waals surface area (Å²) in [5.41, 5.74) is 2.71. The predicted octanol–water partition coefficient (Wildman–Crippen LogP) is 0.800. The summed E-state index contributed by atoms with van der Waals surface area (Å²) in [6, 6.07) is 0. The van der Waals surface area contributed by atoms with Gasteiger partial charge in [-0.15, -0.1) is 12.4 Å². The Kier molecular flexibility index (Phi) is 5.37. The molecule has 1 aliphatic rings. The van der Waals surface area contributed by atoms with Crippen molar-refractivity contribution in [2.24, 2.45) is 7.05 Å². The van der Waals surface area contributed by atoms with Crippen LogP contribution in [-0.4, -0.2) is 35.3 Å². The van der Waals surface area contributed by atoms with Gasteiger partial charge in [0.05, 0.1) is 11.3 Å². The van der Waals surface area contributed by atoms with Gasteiger partial charge in [0.25, 0.3) is 5.91 Å². The molecule has 0 aliphatic carbocycles. The number of halogens is 1. The zero-order valence-electron chi connectivity index (χ0n) is 10.7. The Bertz CT molecular complexity index is 453. The first-order valence-corrected chi connectivity index (χ1v) is 5.84. The van der Waals surface area contributed by atoms with Crippen molar-refractivity contribution in [3.8, 4) is 0 Å². The summed E-state index contributed by atoms with van der Waals surface area (Å²) in [6.45, 7) is 4.37. The zero-order chi connectivity index (χ0) is 12.3. The standard InChI is InChI=1S/C12H18N4O.ClH/c1-9-11(8-16(2)15-9)12(17)14-7-10-3-5-13-6-4-10;/h3,8,13H,4-7H2,1-2H3,(H,14,17);1H. The number of carbonyl (C=O) groups is 1. The quantitative estimate of drug-likeness (QED) is 0.799. The molecule has 0 unspecified atom stereocenters. The van der Waals surface area contributed by atoms with Crippen molar-refractivity contribution in [2.75, 3.05) is 19.6 Å². The molecule has 0 saturated carbocycles. The van der Waals surface area contributed by atoms with E-state index in [4.69, 9.17) is 0 Å². The normalized spacial score (nSPS) is 14.7. The van der Waals surface area contributed by atoms with Crippen LogP contribution >= 0.6 is 12.4 Å². The lowest BCUT2D eigenvalue weighted by molar-refractivity contribution is 0.0956. The van der Waals surface area contributed by atoms with Crippen LogP contribution in [0.5, 0.6) is 0 Å². The summed E-state index contributed by atoms with van der Waals surface area (Å²) >= 11 is 0. The van der Waals surface area contributed by atoms with E-state index < -0.39 is 0 Å². The van der Waals surface area contributed by atoms with Gasteiger partial charge in [0.15, 0.2) is 0 Å². The SMILES string of the molecule is Cc1nn(C)cc1C(=O)NCC1=CCNCC1.Cl. The number of amides is 1. The number of aryl methyl sites for hydroxylation is 2. The van der Waals surface area contributed by atoms with Crippen molar-refractivity contribution in [1.29, 1.82) is 0 Å². The van der Waals surface area contributed by atoms with E-state index >= 15 is 0 Å². The van der Waals surface area contributed by atoms with Gasteiger partial charge in [0, 0.05) is 26.3 Å². The van der Waals surface area contributed by atoms with E-state index in [1.54, 1.807) is 10.9 Å². The second-order valence-corrected chi connectivity index (χ2v) is 4.30. The van der Waals surface area contributed by atoms with Crippen LogP contribution in [0, 0.1) is 6.92 Å². The number of hydrogen-bond donors (Lipinski definition) is 2. The van der Waals surface area contributed by atoms with Gasteiger partial charge < -0.3 is 10.6 Å². The van der Waals surface area contributed by atoms with Crippen LogP contribution in [0.2, 0.25) is 0 Å². The summed E-state index contributed by atoms with van der Waals surface area (Å²) in [7, 11) is 1.82. The highest BCUT2D eigenvalue weighted by Crippen LogP contribution is 2.06. The smallest absolute Gasteiger partial charge is 0.255 e. The molecule has 2 rings (SSSR count). The molecule has 0 aromatic carbocycles. The molecule has 6 heteroatoms. The van der Waals surface area contributed by atoms with Crippen molar-refractivity contribution in [1.82, 2.24) is 20.4 Å². The molecule has 1 aliphatic heterocycles. The van der Waals surface area contributed by atoms with Crippen LogP contribution in [0.4, 0.5) is 0 Å². The Morgan fingerprint density at radius 3 is 2.94 bits per heavy atom. The van der Waals surface area contributed by atoms with Crippen molar-refractivity contribution in [3.63, 3.8) is 0 Å². The third kappa shape index (κ3) is 3.58. The van der Waals surface area contributed by atoms with Crippen LogP contribution in [0.15, 0.2) is 17.8 Å². The van der Waals surface area contributed by atoms with E-state index in [-0.39, 0.29) is 18.3 Å². The minimum Gasteiger partial charge on any atom is -0.348 e. The van der Waals surface area contributed by atoms with E-state index in [0.29, 0.717) is 12.1 Å². The molecule has 18 heavy (non-hydrogen) atoms. The molecular formula is C12H19ClN4O. The predicted molar refractivity (Wildman–Crippen MR) is 73.1 cm³/mol. The molecule has 0 fully saturated rings. The monoisotopic (exact) mass is 270 g/mol. The number of carbonyl (C=O) groups excluding carboxylic acids is 1. The average Bonchev–Trinajstić information content (AvgIpc) is 2.67. The van der Waals surface area contributed by atoms with Gasteiger partial charge in [0.1, 0.15) is 0 Å². The van der Waals surface area contributed by atoms with Gasteiger partial charge in [0.2, 0.25) is 0 Å². The molecule has 0 saturated heterocycles. The van der Waals surface area contributed by atoms with Gasteiger partial charge in [-0.2, -0.15) is 5.10 Å². The van der Waals surface area contributed by atoms with Crippen molar-refractivity contribution in [2.45, 2.75) is 13.3 Å². The zero-order valence-corrected chi connectivity index (χ0v) is 11.5. The van der Waals surface area contributed by atoms with Gasteiger partial charge in [-0.05, 0) is 19.9 Å². The third-order valence-electron chi connectivity index (χ3n) is 2.89. The van der Waals surface area contributed by atoms with E-state index in [9.17, 15) is 4.79 Å². The first kappa shape index (κ1) is 14.7. The molecule has 100 valence electrons. The second kappa shape index (κ2) is 6.56. The number of hydrogen-bond acceptors (Lipinski definition) is 3. The van der Waals surface area contributed by atoms with Gasteiger partial charge in [-0.25, -0.2) is 0 Å². The maximum atomic E-state index is 11.9. The summed E-state index contributed by atoms with van der Waals surface area (Å²) in [4.78, 5) is 11.9. The summed E-state index contributed by atoms with van der Waals surface area (Å²) in [5, 5.41) is 10.3. The van der Waals surface area contributed by atoms with Crippen molar-refractivity contribution < 1.29 is 4.79 Å². The second-order valence-electron chi connectivity index (χ2n) is 4.30. The Morgan fingerprint density at radius 2 is 2.39 bits per heavy atom. The maximum Gasteiger partial charge on any atom is 0.255 e. The summed E-state index contributed by atoms with van der Waals surface area (Å²) in [5.74, 6) is -0.0463. The fourth-order valence-corrected chi connectivity index (χ4v) is 1.94. The number of aromatic nitrogens is 2. The lowest BCUT2D eigenvalue weighted by Gasteiger charge is -2.14. The molecule has 0 spiro atoms. The molecule has 0 bridgehead atoms. The van der Waals surface area contributed by atoms with Crippen LogP contribution in [0.3, 0.4) is 0 Å². The number of nitrogens with one attached hydrogen (secondary N) is 2. The van der Waals surface area contributed by atoms with Gasteiger partial charge in [-0.1, -0.05) is 11.6 Å². The van der Waals surface area contributed by atoms with E-state index in [1.807, 2.05) is 14.0 Å². The molecule has 1 aromatic heterocycles. The lowest BCUT2D eigenvalue weighted by atomic mass is 10.1. The highest BCUT2D eigenvalue weighted by molar-refractivity contribution is 5.95. The third-order valence-corrected chi connectivity index (χ3v) is 2.89. The van der Waals surface area contributed by atoms with Crippen molar-refractivity contribution >= 4 is 18.3 Å². The van der Waals surface area contributed by atoms with Crippen LogP contribution in [0.25, 0.3) is 0 Å². The molecular weight excluding hydrogens is 252 g/mol. The van der Waals surface area contributed by atoms with Crippen LogP contribution in [-0.2, 0) is 7.05 Å². The Morgan fingerprint density at radius 1 is 1.61 bits per heavy atom. The minimum atomic E-state index is -0.0463. The topological polar surface area (TPSA) is 59.0 Å². The maximum absolute atomic E-state index is 11.9. The molecule has 1 aromatic rings. The minimum absolute atomic E-state index is 0. The van der Waals surface area contributed by atoms with Gasteiger partial charge >= 0.3 is 0 Å². The molecule has 0 atom stereocenters. The van der Waals surface area contributed by atoms with E-state index in [2.05, 4.69) is 21.8 Å². The first-order valence-electron chi connectivity index (χ1n) is 5.84. The van der Waals surface area contributed by atoms with Crippen LogP contribution in [0.1, 0.15) is 22.5 Å².